The summed E-state index contributed by atoms with van der Waals surface area (Å²) in [6.07, 6.45) is 10.5. The normalized spacial score (nSPS) is 17.0. The zero-order chi connectivity index (χ0) is 14.8. The van der Waals surface area contributed by atoms with Gasteiger partial charge in [0.05, 0.1) is 0 Å². The molecule has 1 heterocycles. The molecule has 1 aromatic heterocycles. The average molecular weight is 283 g/mol. The molecule has 2 nitrogen and oxygen atoms in total. The molecule has 112 valence electrons. The Morgan fingerprint density at radius 2 is 1.90 bits per heavy atom. The Morgan fingerprint density at radius 1 is 1.19 bits per heavy atom. The molecule has 1 fully saturated rings. The molecule has 1 aliphatic carbocycles. The number of Topliss-reactive ketones (excluding diaryl/α,β-unsaturated/α-hetero) is 1. The van der Waals surface area contributed by atoms with E-state index in [0.717, 1.165) is 17.4 Å². The first-order valence-corrected chi connectivity index (χ1v) is 8.24. The maximum Gasteiger partial charge on any atom is 0.165 e. The van der Waals surface area contributed by atoms with Gasteiger partial charge in [0.1, 0.15) is 0 Å². The lowest BCUT2D eigenvalue weighted by molar-refractivity contribution is 0.0958. The van der Waals surface area contributed by atoms with Crippen molar-refractivity contribution in [3.8, 4) is 0 Å². The van der Waals surface area contributed by atoms with E-state index < -0.39 is 0 Å². The smallest absolute Gasteiger partial charge is 0.165 e. The average Bonchev–Trinajstić information content (AvgIpc) is 2.65. The topological polar surface area (TPSA) is 22.0 Å². The molecule has 1 saturated carbocycles. The van der Waals surface area contributed by atoms with Crippen LogP contribution < -0.4 is 0 Å². The largest absolute Gasteiger partial charge is 0.350 e. The number of benzene rings is 1. The molecule has 0 amide bonds. The maximum absolute atomic E-state index is 12.7. The van der Waals surface area contributed by atoms with Crippen LogP contribution in [-0.4, -0.2) is 10.4 Å². The zero-order valence-corrected chi connectivity index (χ0v) is 13.2. The third-order valence-electron chi connectivity index (χ3n) is 4.90. The van der Waals surface area contributed by atoms with Gasteiger partial charge in [0.2, 0.25) is 0 Å². The summed E-state index contributed by atoms with van der Waals surface area (Å²) < 4.78 is 2.09. The van der Waals surface area contributed by atoms with Crippen LogP contribution in [0.5, 0.6) is 0 Å². The minimum atomic E-state index is 0.330. The lowest BCUT2D eigenvalue weighted by atomic mass is 9.92. The second-order valence-electron chi connectivity index (χ2n) is 6.66. The van der Waals surface area contributed by atoms with Crippen molar-refractivity contribution >= 4 is 16.7 Å². The fourth-order valence-electron chi connectivity index (χ4n) is 3.66. The van der Waals surface area contributed by atoms with E-state index in [9.17, 15) is 4.79 Å². The van der Waals surface area contributed by atoms with Crippen LogP contribution in [0.3, 0.4) is 0 Å². The van der Waals surface area contributed by atoms with Crippen LogP contribution in [0.25, 0.3) is 10.9 Å². The van der Waals surface area contributed by atoms with Crippen LogP contribution in [0, 0.1) is 12.8 Å². The van der Waals surface area contributed by atoms with Crippen LogP contribution in [0.1, 0.15) is 60.9 Å². The number of aryl methyl sites for hydroxylation is 2. The molecule has 21 heavy (non-hydrogen) atoms. The molecule has 3 rings (SSSR count). The Hall–Kier alpha value is -1.57. The summed E-state index contributed by atoms with van der Waals surface area (Å²) in [5.41, 5.74) is 3.32. The lowest BCUT2D eigenvalue weighted by Crippen LogP contribution is -2.08. The second kappa shape index (κ2) is 6.05. The van der Waals surface area contributed by atoms with Gasteiger partial charge in [0.25, 0.3) is 0 Å². The SMILES string of the molecule is Cc1ccc2c(C(=O)CC3CCCCCC3)cn(C)c2c1. The monoisotopic (exact) mass is 283 g/mol. The predicted octanol–water partition coefficient (Wildman–Crippen LogP) is 5.03. The zero-order valence-electron chi connectivity index (χ0n) is 13.2. The number of aromatic nitrogens is 1. The molecule has 0 radical (unpaired) electrons. The highest BCUT2D eigenvalue weighted by molar-refractivity contribution is 6.08. The van der Waals surface area contributed by atoms with Crippen LogP contribution in [0.15, 0.2) is 24.4 Å². The van der Waals surface area contributed by atoms with Crippen LogP contribution in [0.2, 0.25) is 0 Å². The van der Waals surface area contributed by atoms with Crippen molar-refractivity contribution in [3.05, 3.63) is 35.5 Å². The Balaban J connectivity index is 1.84. The first-order valence-electron chi connectivity index (χ1n) is 8.24. The van der Waals surface area contributed by atoms with Gasteiger partial charge in [0.15, 0.2) is 5.78 Å². The highest BCUT2D eigenvalue weighted by Gasteiger charge is 2.20. The summed E-state index contributed by atoms with van der Waals surface area (Å²) in [5, 5.41) is 1.11. The lowest BCUT2D eigenvalue weighted by Gasteiger charge is -2.12. The quantitative estimate of drug-likeness (QED) is 0.572. The van der Waals surface area contributed by atoms with Crippen molar-refractivity contribution in [1.82, 2.24) is 4.57 Å². The Labute approximate surface area is 127 Å². The van der Waals surface area contributed by atoms with Crippen molar-refractivity contribution < 1.29 is 4.79 Å². The summed E-state index contributed by atoms with van der Waals surface area (Å²) in [7, 11) is 2.03. The molecular formula is C19H25NO. The van der Waals surface area contributed by atoms with Crippen molar-refractivity contribution in [1.29, 1.82) is 0 Å². The van der Waals surface area contributed by atoms with E-state index in [2.05, 4.69) is 29.7 Å². The highest BCUT2D eigenvalue weighted by Crippen LogP contribution is 2.29. The molecule has 0 aliphatic heterocycles. The van der Waals surface area contributed by atoms with Crippen LogP contribution >= 0.6 is 0 Å². The van der Waals surface area contributed by atoms with Gasteiger partial charge in [-0.15, -0.1) is 0 Å². The fraction of sp³-hybridized carbons (Fsp3) is 0.526. The minimum Gasteiger partial charge on any atom is -0.350 e. The number of hydrogen-bond acceptors (Lipinski definition) is 1. The molecular weight excluding hydrogens is 258 g/mol. The van der Waals surface area contributed by atoms with Gasteiger partial charge in [-0.3, -0.25) is 4.79 Å². The number of fused-ring (bicyclic) bond motifs is 1. The van der Waals surface area contributed by atoms with E-state index in [1.807, 2.05) is 13.2 Å². The number of rotatable bonds is 3. The Kier molecular flexibility index (Phi) is 4.14. The van der Waals surface area contributed by atoms with Gasteiger partial charge in [-0.05, 0) is 24.5 Å². The van der Waals surface area contributed by atoms with Crippen molar-refractivity contribution in [2.45, 2.75) is 51.9 Å². The minimum absolute atomic E-state index is 0.330. The van der Waals surface area contributed by atoms with E-state index >= 15 is 0 Å². The van der Waals surface area contributed by atoms with E-state index in [4.69, 9.17) is 0 Å². The molecule has 2 aromatic rings. The van der Waals surface area contributed by atoms with E-state index in [0.29, 0.717) is 11.7 Å². The number of ketones is 1. The summed E-state index contributed by atoms with van der Waals surface area (Å²) >= 11 is 0. The number of carbonyl (C=O) groups is 1. The summed E-state index contributed by atoms with van der Waals surface area (Å²) in [6.45, 7) is 2.10. The summed E-state index contributed by atoms with van der Waals surface area (Å²) in [4.78, 5) is 12.7. The molecule has 1 aliphatic rings. The molecule has 0 bridgehead atoms. The molecule has 0 N–H and O–H groups in total. The molecule has 0 spiro atoms. The molecule has 1 aromatic carbocycles. The first-order chi connectivity index (χ1) is 10.1. The highest BCUT2D eigenvalue weighted by atomic mass is 16.1. The third-order valence-corrected chi connectivity index (χ3v) is 4.90. The Bertz CT molecular complexity index is 645. The van der Waals surface area contributed by atoms with Crippen molar-refractivity contribution in [2.75, 3.05) is 0 Å². The van der Waals surface area contributed by atoms with Crippen LogP contribution in [0.4, 0.5) is 0 Å². The third kappa shape index (κ3) is 3.04. The van der Waals surface area contributed by atoms with E-state index in [1.54, 1.807) is 0 Å². The molecule has 0 atom stereocenters. The van der Waals surface area contributed by atoms with Crippen molar-refractivity contribution in [3.63, 3.8) is 0 Å². The summed E-state index contributed by atoms with van der Waals surface area (Å²) in [5.74, 6) is 0.928. The van der Waals surface area contributed by atoms with Gasteiger partial charge in [-0.1, -0.05) is 50.7 Å². The number of carbonyl (C=O) groups excluding carboxylic acids is 1. The van der Waals surface area contributed by atoms with Gasteiger partial charge < -0.3 is 4.57 Å². The standard InChI is InChI=1S/C19H25NO/c1-14-9-10-16-17(13-20(2)18(16)11-14)19(21)12-15-7-5-3-4-6-8-15/h9-11,13,15H,3-8,12H2,1-2H3. The molecule has 2 heteroatoms. The first kappa shape index (κ1) is 14.4. The maximum atomic E-state index is 12.7. The van der Waals surface area contributed by atoms with E-state index in [1.165, 1.54) is 49.6 Å². The predicted molar refractivity (Wildman–Crippen MR) is 87.8 cm³/mol. The number of hydrogen-bond donors (Lipinski definition) is 0. The molecule has 0 unspecified atom stereocenters. The van der Waals surface area contributed by atoms with Gasteiger partial charge in [-0.25, -0.2) is 0 Å². The van der Waals surface area contributed by atoms with Crippen LogP contribution in [-0.2, 0) is 7.05 Å². The van der Waals surface area contributed by atoms with E-state index in [-0.39, 0.29) is 0 Å². The summed E-state index contributed by atoms with van der Waals surface area (Å²) in [6, 6.07) is 6.37. The number of nitrogens with zero attached hydrogens (tertiary/aromatic N) is 1. The van der Waals surface area contributed by atoms with Crippen molar-refractivity contribution in [2.24, 2.45) is 13.0 Å². The Morgan fingerprint density at radius 3 is 2.62 bits per heavy atom. The molecule has 0 saturated heterocycles. The van der Waals surface area contributed by atoms with Gasteiger partial charge >= 0.3 is 0 Å². The second-order valence-corrected chi connectivity index (χ2v) is 6.66. The van der Waals surface area contributed by atoms with Gasteiger partial charge in [0, 0.05) is 36.1 Å². The fourth-order valence-corrected chi connectivity index (χ4v) is 3.66. The van der Waals surface area contributed by atoms with Gasteiger partial charge in [-0.2, -0.15) is 0 Å².